The maximum Gasteiger partial charge on any atom is 0.417 e. The maximum atomic E-state index is 11.5. The molecule has 0 aromatic rings. The highest BCUT2D eigenvalue weighted by Gasteiger charge is 2.27. The number of hydrogen-bond donors (Lipinski definition) is 0. The molecule has 0 saturated carbocycles. The van der Waals surface area contributed by atoms with Gasteiger partial charge in [0.1, 0.15) is 12.7 Å². The minimum atomic E-state index is -0.899. The van der Waals surface area contributed by atoms with E-state index < -0.39 is 11.9 Å². The second kappa shape index (κ2) is 6.89. The van der Waals surface area contributed by atoms with Crippen LogP contribution in [0.15, 0.2) is 0 Å². The molecule has 0 bridgehead atoms. The first kappa shape index (κ1) is 16.0. The van der Waals surface area contributed by atoms with E-state index in [0.717, 1.165) is 13.1 Å². The summed E-state index contributed by atoms with van der Waals surface area (Å²) in [6, 6.07) is 0. The first-order valence-electron chi connectivity index (χ1n) is 6.91. The van der Waals surface area contributed by atoms with Gasteiger partial charge in [0.05, 0.1) is 0 Å². The van der Waals surface area contributed by atoms with Crippen LogP contribution in [0.1, 0.15) is 40.5 Å². The molecule has 0 aromatic carbocycles. The molecule has 110 valence electrons. The number of rotatable bonds is 4. The minimum Gasteiger partial charge on any atom is -0.456 e. The molecule has 5 nitrogen and oxygen atoms in total. The van der Waals surface area contributed by atoms with Crippen LogP contribution >= 0.6 is 0 Å². The second-order valence-corrected chi connectivity index (χ2v) is 6.10. The van der Waals surface area contributed by atoms with Gasteiger partial charge in [0, 0.05) is 6.54 Å². The van der Waals surface area contributed by atoms with E-state index in [1.807, 2.05) is 20.8 Å². The van der Waals surface area contributed by atoms with Crippen molar-refractivity contribution in [3.05, 3.63) is 0 Å². The summed E-state index contributed by atoms with van der Waals surface area (Å²) in [5.74, 6) is -1.79. The summed E-state index contributed by atoms with van der Waals surface area (Å²) in [4.78, 5) is 25.2. The predicted molar refractivity (Wildman–Crippen MR) is 71.6 cm³/mol. The zero-order chi connectivity index (χ0) is 14.5. The number of carbonyl (C=O) groups excluding carboxylic acids is 2. The van der Waals surface area contributed by atoms with Gasteiger partial charge in [-0.25, -0.2) is 9.59 Å². The highest BCUT2D eigenvalue weighted by atomic mass is 16.6. The number of hydrogen-bond acceptors (Lipinski definition) is 5. The molecular weight excluding hydrogens is 246 g/mol. The molecule has 0 aromatic heterocycles. The third kappa shape index (κ3) is 5.59. The van der Waals surface area contributed by atoms with Crippen LogP contribution in [-0.4, -0.2) is 49.2 Å². The Kier molecular flexibility index (Phi) is 5.79. The maximum absolute atomic E-state index is 11.5. The monoisotopic (exact) mass is 271 g/mol. The summed E-state index contributed by atoms with van der Waals surface area (Å²) in [7, 11) is 0. The van der Waals surface area contributed by atoms with Crippen LogP contribution in [-0.2, 0) is 19.1 Å². The van der Waals surface area contributed by atoms with E-state index in [1.54, 1.807) is 6.92 Å². The Morgan fingerprint density at radius 1 is 1.16 bits per heavy atom. The summed E-state index contributed by atoms with van der Waals surface area (Å²) < 4.78 is 10.00. The minimum absolute atomic E-state index is 0.189. The van der Waals surface area contributed by atoms with E-state index >= 15 is 0 Å². The molecule has 0 unspecified atom stereocenters. The van der Waals surface area contributed by atoms with Gasteiger partial charge in [-0.3, -0.25) is 4.90 Å². The SMILES string of the molecule is C[C@@H](OC(=O)C(=O)OCCN1CCCC1)C(C)(C)C. The Hall–Kier alpha value is -1.10. The molecule has 1 fully saturated rings. The lowest BCUT2D eigenvalue weighted by Gasteiger charge is -2.26. The van der Waals surface area contributed by atoms with Gasteiger partial charge in [0.25, 0.3) is 0 Å². The zero-order valence-corrected chi connectivity index (χ0v) is 12.4. The fourth-order valence-electron chi connectivity index (χ4n) is 1.72. The van der Waals surface area contributed by atoms with Gasteiger partial charge in [0.2, 0.25) is 0 Å². The standard InChI is InChI=1S/C14H25NO4/c1-11(14(2,3)4)19-13(17)12(16)18-10-9-15-7-5-6-8-15/h11H,5-10H2,1-4H3/t11-/m1/s1. The number of nitrogens with zero attached hydrogens (tertiary/aromatic N) is 1. The fraction of sp³-hybridized carbons (Fsp3) is 0.857. The predicted octanol–water partition coefficient (Wildman–Crippen LogP) is 1.60. The lowest BCUT2D eigenvalue weighted by atomic mass is 9.90. The summed E-state index contributed by atoms with van der Waals surface area (Å²) in [5.41, 5.74) is -0.189. The Bertz CT molecular complexity index is 316. The molecule has 1 aliphatic heterocycles. The van der Waals surface area contributed by atoms with E-state index in [0.29, 0.717) is 6.54 Å². The van der Waals surface area contributed by atoms with Crippen LogP contribution in [0.2, 0.25) is 0 Å². The first-order valence-corrected chi connectivity index (χ1v) is 6.91. The van der Waals surface area contributed by atoms with E-state index in [-0.39, 0.29) is 18.1 Å². The molecular formula is C14H25NO4. The lowest BCUT2D eigenvalue weighted by Crippen LogP contribution is -2.33. The van der Waals surface area contributed by atoms with Crippen molar-refractivity contribution in [2.24, 2.45) is 5.41 Å². The number of esters is 2. The normalized spacial score (nSPS) is 18.1. The topological polar surface area (TPSA) is 55.8 Å². The van der Waals surface area contributed by atoms with Crippen LogP contribution in [0.3, 0.4) is 0 Å². The zero-order valence-electron chi connectivity index (χ0n) is 12.4. The van der Waals surface area contributed by atoms with Crippen molar-refractivity contribution in [2.75, 3.05) is 26.2 Å². The first-order chi connectivity index (χ1) is 8.80. The van der Waals surface area contributed by atoms with E-state index in [2.05, 4.69) is 4.90 Å². The summed E-state index contributed by atoms with van der Waals surface area (Å²) >= 11 is 0. The van der Waals surface area contributed by atoms with Gasteiger partial charge in [-0.05, 0) is 38.3 Å². The molecule has 0 aliphatic carbocycles. The Balaban J connectivity index is 2.22. The summed E-state index contributed by atoms with van der Waals surface area (Å²) in [6.07, 6.45) is 2.06. The number of ether oxygens (including phenoxy) is 2. The van der Waals surface area contributed by atoms with Crippen LogP contribution in [0.4, 0.5) is 0 Å². The van der Waals surface area contributed by atoms with Crippen molar-refractivity contribution >= 4 is 11.9 Å². The highest BCUT2D eigenvalue weighted by Crippen LogP contribution is 2.21. The van der Waals surface area contributed by atoms with E-state index in [1.165, 1.54) is 12.8 Å². The summed E-state index contributed by atoms with van der Waals surface area (Å²) in [5, 5.41) is 0. The van der Waals surface area contributed by atoms with Crippen molar-refractivity contribution in [1.82, 2.24) is 4.90 Å². The van der Waals surface area contributed by atoms with Gasteiger partial charge < -0.3 is 9.47 Å². The van der Waals surface area contributed by atoms with Crippen LogP contribution in [0.5, 0.6) is 0 Å². The highest BCUT2D eigenvalue weighted by molar-refractivity contribution is 6.29. The van der Waals surface area contributed by atoms with Crippen molar-refractivity contribution in [1.29, 1.82) is 0 Å². The summed E-state index contributed by atoms with van der Waals surface area (Å²) in [6.45, 7) is 10.6. The second-order valence-electron chi connectivity index (χ2n) is 6.10. The average molecular weight is 271 g/mol. The van der Waals surface area contributed by atoms with Gasteiger partial charge >= 0.3 is 11.9 Å². The Labute approximate surface area is 115 Å². The average Bonchev–Trinajstić information content (AvgIpc) is 2.80. The molecule has 0 radical (unpaired) electrons. The quantitative estimate of drug-likeness (QED) is 0.574. The van der Waals surface area contributed by atoms with Crippen LogP contribution in [0, 0.1) is 5.41 Å². The number of likely N-dealkylation sites (tertiary alicyclic amines) is 1. The smallest absolute Gasteiger partial charge is 0.417 e. The third-order valence-corrected chi connectivity index (χ3v) is 3.51. The molecule has 1 saturated heterocycles. The van der Waals surface area contributed by atoms with Gasteiger partial charge in [-0.1, -0.05) is 20.8 Å². The number of carbonyl (C=O) groups is 2. The van der Waals surface area contributed by atoms with E-state index in [9.17, 15) is 9.59 Å². The molecule has 1 heterocycles. The Morgan fingerprint density at radius 2 is 1.74 bits per heavy atom. The Morgan fingerprint density at radius 3 is 2.26 bits per heavy atom. The lowest BCUT2D eigenvalue weighted by molar-refractivity contribution is -0.173. The molecule has 5 heteroatoms. The largest absolute Gasteiger partial charge is 0.456 e. The van der Waals surface area contributed by atoms with Crippen molar-refractivity contribution < 1.29 is 19.1 Å². The van der Waals surface area contributed by atoms with Gasteiger partial charge in [-0.2, -0.15) is 0 Å². The third-order valence-electron chi connectivity index (χ3n) is 3.51. The van der Waals surface area contributed by atoms with Crippen molar-refractivity contribution in [3.63, 3.8) is 0 Å². The molecule has 1 atom stereocenters. The van der Waals surface area contributed by atoms with Crippen molar-refractivity contribution in [3.8, 4) is 0 Å². The van der Waals surface area contributed by atoms with Crippen molar-refractivity contribution in [2.45, 2.75) is 46.6 Å². The molecule has 0 N–H and O–H groups in total. The molecule has 0 spiro atoms. The van der Waals surface area contributed by atoms with E-state index in [4.69, 9.17) is 9.47 Å². The molecule has 1 aliphatic rings. The van der Waals surface area contributed by atoms with Crippen LogP contribution in [0.25, 0.3) is 0 Å². The molecule has 19 heavy (non-hydrogen) atoms. The fourth-order valence-corrected chi connectivity index (χ4v) is 1.72. The molecule has 0 amide bonds. The molecule has 1 rings (SSSR count). The van der Waals surface area contributed by atoms with Crippen LogP contribution < -0.4 is 0 Å². The van der Waals surface area contributed by atoms with Gasteiger partial charge in [0.15, 0.2) is 0 Å². The van der Waals surface area contributed by atoms with Gasteiger partial charge in [-0.15, -0.1) is 0 Å².